The lowest BCUT2D eigenvalue weighted by molar-refractivity contribution is -0.167. The first kappa shape index (κ1) is 30.1. The number of hydrogen-bond donors (Lipinski definition) is 2. The predicted octanol–water partition coefficient (Wildman–Crippen LogP) is 7.40. The molecule has 45 heavy (non-hydrogen) atoms. The van der Waals surface area contributed by atoms with E-state index in [0.717, 1.165) is 16.5 Å². The highest BCUT2D eigenvalue weighted by Gasteiger charge is 2.39. The van der Waals surface area contributed by atoms with Crippen molar-refractivity contribution in [2.75, 3.05) is 36.9 Å². The van der Waals surface area contributed by atoms with E-state index in [-0.39, 0.29) is 36.5 Å². The van der Waals surface area contributed by atoms with Crippen molar-refractivity contribution in [3.63, 3.8) is 0 Å². The molecule has 0 fully saturated rings. The summed E-state index contributed by atoms with van der Waals surface area (Å²) in [7, 11) is 3.06. The number of ether oxygens (including phenoxy) is 3. The summed E-state index contributed by atoms with van der Waals surface area (Å²) in [6, 6.07) is 20.8. The first-order chi connectivity index (χ1) is 21.6. The Bertz CT molecular complexity index is 1890. The molecule has 4 aromatic carbocycles. The third-order valence-electron chi connectivity index (χ3n) is 7.76. The molecule has 0 aliphatic carbocycles. The van der Waals surface area contributed by atoms with Crippen LogP contribution < -0.4 is 24.4 Å². The summed E-state index contributed by atoms with van der Waals surface area (Å²) in [4.78, 5) is 30.5. The number of anilines is 2. The smallest absolute Gasteiger partial charge is 0.471 e. The number of alkyl halides is 4. The van der Waals surface area contributed by atoms with Crippen molar-refractivity contribution in [1.82, 2.24) is 4.98 Å². The summed E-state index contributed by atoms with van der Waals surface area (Å²) in [5.41, 5.74) is 3.16. The number of aromatic amines is 1. The van der Waals surface area contributed by atoms with Crippen molar-refractivity contribution in [2.45, 2.75) is 18.7 Å². The summed E-state index contributed by atoms with van der Waals surface area (Å²) in [6.07, 6.45) is -5.05. The lowest BCUT2D eigenvalue weighted by Gasteiger charge is -2.20. The monoisotopic (exact) mass is 637 g/mol. The summed E-state index contributed by atoms with van der Waals surface area (Å²) >= 11 is 6.43. The van der Waals surface area contributed by atoms with Crippen LogP contribution in [0.15, 0.2) is 72.8 Å². The van der Waals surface area contributed by atoms with Gasteiger partial charge in [0, 0.05) is 52.5 Å². The number of H-pyrrole nitrogens is 1. The van der Waals surface area contributed by atoms with Gasteiger partial charge in [0.1, 0.15) is 18.1 Å². The molecule has 0 bridgehead atoms. The van der Waals surface area contributed by atoms with Crippen molar-refractivity contribution in [1.29, 1.82) is 0 Å². The first-order valence-electron chi connectivity index (χ1n) is 13.9. The molecule has 1 aliphatic rings. The van der Waals surface area contributed by atoms with E-state index in [1.165, 1.54) is 26.4 Å². The first-order valence-corrected chi connectivity index (χ1v) is 14.4. The Morgan fingerprint density at radius 3 is 2.38 bits per heavy atom. The molecule has 2 amide bonds. The van der Waals surface area contributed by atoms with Crippen molar-refractivity contribution in [3.8, 4) is 17.2 Å². The quantitative estimate of drug-likeness (QED) is 0.173. The number of benzene rings is 4. The van der Waals surface area contributed by atoms with Gasteiger partial charge in [0.2, 0.25) is 0 Å². The minimum absolute atomic E-state index is 0.0494. The van der Waals surface area contributed by atoms with Crippen LogP contribution in [-0.4, -0.2) is 49.6 Å². The predicted molar refractivity (Wildman–Crippen MR) is 166 cm³/mol. The topological polar surface area (TPSA) is 92.9 Å². The van der Waals surface area contributed by atoms with E-state index < -0.39 is 12.1 Å². The second-order valence-electron chi connectivity index (χ2n) is 10.5. The van der Waals surface area contributed by atoms with E-state index in [4.69, 9.17) is 25.8 Å². The number of halogens is 4. The van der Waals surface area contributed by atoms with Gasteiger partial charge >= 0.3 is 12.1 Å². The molecular weight excluding hydrogens is 611 g/mol. The van der Waals surface area contributed by atoms with Crippen LogP contribution in [0.3, 0.4) is 0 Å². The van der Waals surface area contributed by atoms with Crippen LogP contribution in [0.5, 0.6) is 17.2 Å². The summed E-state index contributed by atoms with van der Waals surface area (Å²) in [6.45, 7) is 0.426. The molecule has 1 unspecified atom stereocenters. The number of carbonyl (C=O) groups is 2. The van der Waals surface area contributed by atoms with Gasteiger partial charge in [0.05, 0.1) is 19.9 Å². The molecule has 0 saturated heterocycles. The summed E-state index contributed by atoms with van der Waals surface area (Å²) in [5, 5.41) is 3.78. The zero-order chi connectivity index (χ0) is 31.9. The van der Waals surface area contributed by atoms with Gasteiger partial charge < -0.3 is 29.4 Å². The fourth-order valence-corrected chi connectivity index (χ4v) is 5.89. The molecule has 8 nitrogen and oxygen atoms in total. The maximum absolute atomic E-state index is 14.0. The Kier molecular flexibility index (Phi) is 7.96. The molecule has 6 rings (SSSR count). The highest BCUT2D eigenvalue weighted by Crippen LogP contribution is 2.47. The molecule has 2 heterocycles. The van der Waals surface area contributed by atoms with E-state index >= 15 is 0 Å². The normalized spacial score (nSPS) is 14.4. The molecule has 1 aliphatic heterocycles. The molecule has 5 aromatic rings. The van der Waals surface area contributed by atoms with Crippen LogP contribution in [0.2, 0.25) is 0 Å². The zero-order valence-electron chi connectivity index (χ0n) is 24.1. The van der Waals surface area contributed by atoms with Crippen LogP contribution in [0, 0.1) is 0 Å². The molecule has 2 N–H and O–H groups in total. The number of methoxy groups -OCH3 is 2. The second kappa shape index (κ2) is 11.9. The standard InChI is InChI=1S/C33H27ClF3N3O5/c1-43-28-11-19-10-25(39-24(19)13-29(28)44-2)31(41)40-16-20(15-34)30-22-9-8-21(38-32(42)33(35,36)37)12-23(22)27(14-26(30)40)45-17-18-6-4-3-5-7-18/h3-14,20,39H,15-17H2,1-2H3,(H,38,42). The van der Waals surface area contributed by atoms with E-state index in [0.29, 0.717) is 44.9 Å². The van der Waals surface area contributed by atoms with Crippen LogP contribution in [-0.2, 0) is 11.4 Å². The Morgan fingerprint density at radius 1 is 0.956 bits per heavy atom. The Hall–Kier alpha value is -4.90. The molecular formula is C33H27ClF3N3O5. The van der Waals surface area contributed by atoms with Gasteiger partial charge in [-0.2, -0.15) is 13.2 Å². The Labute approximate surface area is 260 Å². The molecule has 0 spiro atoms. The summed E-state index contributed by atoms with van der Waals surface area (Å²) in [5.74, 6) is -1.12. The molecule has 0 saturated carbocycles. The van der Waals surface area contributed by atoms with Crippen LogP contribution in [0.1, 0.15) is 27.5 Å². The van der Waals surface area contributed by atoms with Gasteiger partial charge in [0.15, 0.2) is 11.5 Å². The van der Waals surface area contributed by atoms with E-state index in [9.17, 15) is 22.8 Å². The number of rotatable bonds is 8. The maximum Gasteiger partial charge on any atom is 0.471 e. The average molecular weight is 638 g/mol. The molecule has 232 valence electrons. The van der Waals surface area contributed by atoms with Crippen molar-refractivity contribution < 1.29 is 37.0 Å². The zero-order valence-corrected chi connectivity index (χ0v) is 24.9. The van der Waals surface area contributed by atoms with Crippen molar-refractivity contribution in [2.24, 2.45) is 0 Å². The van der Waals surface area contributed by atoms with E-state index in [1.54, 1.807) is 35.2 Å². The minimum atomic E-state index is -5.05. The van der Waals surface area contributed by atoms with Gasteiger partial charge in [-0.25, -0.2) is 0 Å². The molecule has 1 aromatic heterocycles. The lowest BCUT2D eigenvalue weighted by atomic mass is 9.95. The number of carbonyl (C=O) groups excluding carboxylic acids is 2. The molecule has 1 atom stereocenters. The van der Waals surface area contributed by atoms with Crippen LogP contribution in [0.25, 0.3) is 21.7 Å². The van der Waals surface area contributed by atoms with Gasteiger partial charge in [-0.3, -0.25) is 9.59 Å². The summed E-state index contributed by atoms with van der Waals surface area (Å²) < 4.78 is 56.1. The second-order valence-corrected chi connectivity index (χ2v) is 10.8. The Balaban J connectivity index is 1.44. The average Bonchev–Trinajstić information content (AvgIpc) is 3.63. The lowest BCUT2D eigenvalue weighted by Crippen LogP contribution is -2.30. The fraction of sp³-hybridized carbons (Fsp3) is 0.212. The SMILES string of the molecule is COc1cc2cc(C(=O)N3CC(CCl)c4c3cc(OCc3ccccc3)c3cc(NC(=O)C(F)(F)F)ccc43)[nH]c2cc1OC. The number of aromatic nitrogens is 1. The highest BCUT2D eigenvalue weighted by molar-refractivity contribution is 6.19. The highest BCUT2D eigenvalue weighted by atomic mass is 35.5. The largest absolute Gasteiger partial charge is 0.493 e. The van der Waals surface area contributed by atoms with Crippen molar-refractivity contribution >= 4 is 56.5 Å². The van der Waals surface area contributed by atoms with Crippen LogP contribution in [0.4, 0.5) is 24.5 Å². The maximum atomic E-state index is 14.0. The van der Waals surface area contributed by atoms with E-state index in [1.807, 2.05) is 35.6 Å². The van der Waals surface area contributed by atoms with E-state index in [2.05, 4.69) is 4.98 Å². The van der Waals surface area contributed by atoms with Gasteiger partial charge in [-0.05, 0) is 40.8 Å². The number of nitrogens with one attached hydrogen (secondary N) is 2. The molecule has 12 heteroatoms. The minimum Gasteiger partial charge on any atom is -0.493 e. The Morgan fingerprint density at radius 2 is 1.69 bits per heavy atom. The number of hydrogen-bond acceptors (Lipinski definition) is 5. The van der Waals surface area contributed by atoms with Gasteiger partial charge in [-0.15, -0.1) is 11.6 Å². The van der Waals surface area contributed by atoms with Crippen molar-refractivity contribution in [3.05, 3.63) is 89.6 Å². The third-order valence-corrected chi connectivity index (χ3v) is 8.13. The van der Waals surface area contributed by atoms with Crippen LogP contribution >= 0.6 is 11.6 Å². The van der Waals surface area contributed by atoms with Gasteiger partial charge in [-0.1, -0.05) is 36.4 Å². The third kappa shape index (κ3) is 5.71. The number of amides is 2. The molecule has 0 radical (unpaired) electrons. The fourth-order valence-electron chi connectivity index (χ4n) is 5.64. The number of fused-ring (bicyclic) bond motifs is 4. The number of nitrogens with zero attached hydrogens (tertiary/aromatic N) is 1. The van der Waals surface area contributed by atoms with Gasteiger partial charge in [0.25, 0.3) is 5.91 Å².